The lowest BCUT2D eigenvalue weighted by Crippen LogP contribution is -2.11. The Balaban J connectivity index is 1.84. The van der Waals surface area contributed by atoms with Crippen LogP contribution < -0.4 is 10.1 Å². The molecule has 0 saturated heterocycles. The summed E-state index contributed by atoms with van der Waals surface area (Å²) < 4.78 is 11.0. The molecular formula is C15H22N2O4. The zero-order chi connectivity index (χ0) is 15.1. The number of hydrogen-bond donors (Lipinski definition) is 1. The number of anilines is 1. The molecule has 0 unspecified atom stereocenters. The molecule has 1 N–H and O–H groups in total. The normalized spacial score (nSPS) is 14.0. The summed E-state index contributed by atoms with van der Waals surface area (Å²) in [6.45, 7) is 4.59. The van der Waals surface area contributed by atoms with E-state index in [-0.39, 0.29) is 5.69 Å². The van der Waals surface area contributed by atoms with Gasteiger partial charge in [-0.3, -0.25) is 10.1 Å². The molecule has 0 amide bonds. The molecule has 2 rings (SSSR count). The maximum Gasteiger partial charge on any atom is 0.311 e. The van der Waals surface area contributed by atoms with E-state index in [4.69, 9.17) is 9.47 Å². The fourth-order valence-corrected chi connectivity index (χ4v) is 1.90. The van der Waals surface area contributed by atoms with E-state index in [1.165, 1.54) is 18.9 Å². The molecule has 6 nitrogen and oxygen atoms in total. The second-order valence-electron chi connectivity index (χ2n) is 5.23. The van der Waals surface area contributed by atoms with E-state index in [0.29, 0.717) is 25.5 Å². The van der Waals surface area contributed by atoms with Gasteiger partial charge in [0.25, 0.3) is 0 Å². The van der Waals surface area contributed by atoms with Gasteiger partial charge >= 0.3 is 5.69 Å². The van der Waals surface area contributed by atoms with Crippen LogP contribution >= 0.6 is 0 Å². The lowest BCUT2D eigenvalue weighted by atomic mass is 10.2. The van der Waals surface area contributed by atoms with Crippen LogP contribution in [0, 0.1) is 16.0 Å². The number of nitro benzene ring substituents is 1. The number of benzene rings is 1. The van der Waals surface area contributed by atoms with Gasteiger partial charge in [0.15, 0.2) is 5.75 Å². The van der Waals surface area contributed by atoms with Crippen molar-refractivity contribution >= 4 is 11.4 Å². The van der Waals surface area contributed by atoms with Crippen LogP contribution in [-0.4, -0.2) is 31.3 Å². The van der Waals surface area contributed by atoms with Crippen LogP contribution in [0.3, 0.4) is 0 Å². The molecule has 0 bridgehead atoms. The number of hydrogen-bond acceptors (Lipinski definition) is 5. The van der Waals surface area contributed by atoms with Gasteiger partial charge in [0, 0.05) is 31.0 Å². The zero-order valence-electron chi connectivity index (χ0n) is 12.3. The van der Waals surface area contributed by atoms with Crippen LogP contribution in [0.2, 0.25) is 0 Å². The molecule has 1 aliphatic rings. The van der Waals surface area contributed by atoms with Gasteiger partial charge in [0.05, 0.1) is 18.1 Å². The molecule has 1 aliphatic carbocycles. The van der Waals surface area contributed by atoms with Crippen molar-refractivity contribution in [1.82, 2.24) is 0 Å². The van der Waals surface area contributed by atoms with Crippen LogP contribution in [-0.2, 0) is 4.74 Å². The van der Waals surface area contributed by atoms with Crippen molar-refractivity contribution in [3.63, 3.8) is 0 Å². The molecule has 0 aromatic heterocycles. The van der Waals surface area contributed by atoms with Crippen molar-refractivity contribution in [3.8, 4) is 5.75 Å². The number of nitro groups is 1. The van der Waals surface area contributed by atoms with Crippen molar-refractivity contribution in [2.45, 2.75) is 26.2 Å². The van der Waals surface area contributed by atoms with Crippen molar-refractivity contribution < 1.29 is 14.4 Å². The van der Waals surface area contributed by atoms with Crippen LogP contribution in [0.25, 0.3) is 0 Å². The van der Waals surface area contributed by atoms with Crippen LogP contribution in [0.15, 0.2) is 18.2 Å². The first-order valence-electron chi connectivity index (χ1n) is 7.43. The lowest BCUT2D eigenvalue weighted by Gasteiger charge is -2.10. The summed E-state index contributed by atoms with van der Waals surface area (Å²) in [6, 6.07) is 4.84. The first-order chi connectivity index (χ1) is 10.2. The summed E-state index contributed by atoms with van der Waals surface area (Å²) in [5, 5.41) is 14.1. The van der Waals surface area contributed by atoms with Crippen molar-refractivity contribution in [2.24, 2.45) is 5.92 Å². The van der Waals surface area contributed by atoms with Gasteiger partial charge in [-0.25, -0.2) is 0 Å². The lowest BCUT2D eigenvalue weighted by molar-refractivity contribution is -0.385. The highest BCUT2D eigenvalue weighted by atomic mass is 16.6. The van der Waals surface area contributed by atoms with E-state index in [2.05, 4.69) is 5.32 Å². The molecule has 21 heavy (non-hydrogen) atoms. The third-order valence-corrected chi connectivity index (χ3v) is 3.24. The highest BCUT2D eigenvalue weighted by Gasteiger charge is 2.20. The highest BCUT2D eigenvalue weighted by molar-refractivity contribution is 5.58. The Bertz CT molecular complexity index is 475. The Morgan fingerprint density at radius 1 is 1.38 bits per heavy atom. The van der Waals surface area contributed by atoms with Crippen LogP contribution in [0.5, 0.6) is 5.75 Å². The second-order valence-corrected chi connectivity index (χ2v) is 5.23. The Morgan fingerprint density at radius 3 is 2.86 bits per heavy atom. The van der Waals surface area contributed by atoms with E-state index in [9.17, 15) is 10.1 Å². The predicted molar refractivity (Wildman–Crippen MR) is 80.9 cm³/mol. The summed E-state index contributed by atoms with van der Waals surface area (Å²) in [5.41, 5.74) is 0.806. The minimum absolute atomic E-state index is 0.000941. The summed E-state index contributed by atoms with van der Waals surface area (Å²) in [4.78, 5) is 10.5. The number of rotatable bonds is 10. The summed E-state index contributed by atoms with van der Waals surface area (Å²) >= 11 is 0. The molecule has 1 saturated carbocycles. The van der Waals surface area contributed by atoms with Gasteiger partial charge < -0.3 is 14.8 Å². The van der Waals surface area contributed by atoms with Crippen LogP contribution in [0.4, 0.5) is 11.4 Å². The number of ether oxygens (including phenoxy) is 2. The quantitative estimate of drug-likeness (QED) is 0.407. The largest absolute Gasteiger partial charge is 0.487 e. The van der Waals surface area contributed by atoms with Gasteiger partial charge in [0.2, 0.25) is 0 Å². The highest BCUT2D eigenvalue weighted by Crippen LogP contribution is 2.30. The monoisotopic (exact) mass is 294 g/mol. The fraction of sp³-hybridized carbons (Fsp3) is 0.600. The third kappa shape index (κ3) is 5.23. The van der Waals surface area contributed by atoms with Gasteiger partial charge in [0.1, 0.15) is 0 Å². The molecule has 1 aromatic carbocycles. The molecule has 1 aromatic rings. The minimum atomic E-state index is -0.423. The smallest absolute Gasteiger partial charge is 0.311 e. The van der Waals surface area contributed by atoms with Gasteiger partial charge in [-0.05, 0) is 31.2 Å². The topological polar surface area (TPSA) is 73.6 Å². The standard InChI is InChI=1S/C15H22N2O4/c1-2-8-21-15-10-13(5-6-14(15)17(18)19)16-7-9-20-11-12-3-4-12/h5-6,10,12,16H,2-4,7-9,11H2,1H3. The van der Waals surface area contributed by atoms with Crippen molar-refractivity contribution in [3.05, 3.63) is 28.3 Å². The molecule has 0 heterocycles. The van der Waals surface area contributed by atoms with Crippen molar-refractivity contribution in [2.75, 3.05) is 31.7 Å². The second kappa shape index (κ2) is 7.83. The first kappa shape index (κ1) is 15.6. The maximum absolute atomic E-state index is 11.0. The molecule has 1 fully saturated rings. The van der Waals surface area contributed by atoms with Crippen molar-refractivity contribution in [1.29, 1.82) is 0 Å². The van der Waals surface area contributed by atoms with E-state index < -0.39 is 4.92 Å². The summed E-state index contributed by atoms with van der Waals surface area (Å²) in [7, 11) is 0. The SMILES string of the molecule is CCCOc1cc(NCCOCC2CC2)ccc1[N+](=O)[O-]. The van der Waals surface area contributed by atoms with Crippen LogP contribution in [0.1, 0.15) is 26.2 Å². The number of nitrogens with zero attached hydrogens (tertiary/aromatic N) is 1. The molecule has 116 valence electrons. The molecular weight excluding hydrogens is 272 g/mol. The third-order valence-electron chi connectivity index (χ3n) is 3.24. The zero-order valence-corrected chi connectivity index (χ0v) is 12.3. The van der Waals surface area contributed by atoms with E-state index >= 15 is 0 Å². The minimum Gasteiger partial charge on any atom is -0.487 e. The summed E-state index contributed by atoms with van der Waals surface area (Å²) in [6.07, 6.45) is 3.38. The molecule has 6 heteroatoms. The summed E-state index contributed by atoms with van der Waals surface area (Å²) in [5.74, 6) is 1.07. The average Bonchev–Trinajstić information content (AvgIpc) is 3.28. The Hall–Kier alpha value is -1.82. The van der Waals surface area contributed by atoms with Gasteiger partial charge in [-0.1, -0.05) is 6.92 Å². The Kier molecular flexibility index (Phi) is 5.80. The predicted octanol–water partition coefficient (Wildman–Crippen LogP) is 3.22. The van der Waals surface area contributed by atoms with Gasteiger partial charge in [-0.2, -0.15) is 0 Å². The molecule has 0 radical (unpaired) electrons. The molecule has 0 aliphatic heterocycles. The van der Waals surface area contributed by atoms with E-state index in [1.54, 1.807) is 12.1 Å². The van der Waals surface area contributed by atoms with E-state index in [0.717, 1.165) is 24.6 Å². The Labute approximate surface area is 124 Å². The van der Waals surface area contributed by atoms with Gasteiger partial charge in [-0.15, -0.1) is 0 Å². The Morgan fingerprint density at radius 2 is 2.19 bits per heavy atom. The maximum atomic E-state index is 11.0. The first-order valence-corrected chi connectivity index (χ1v) is 7.43. The fourth-order valence-electron chi connectivity index (χ4n) is 1.90. The molecule has 0 spiro atoms. The van der Waals surface area contributed by atoms with E-state index in [1.807, 2.05) is 6.92 Å². The number of nitrogens with one attached hydrogen (secondary N) is 1. The average molecular weight is 294 g/mol. The molecule has 0 atom stereocenters.